The molecule has 0 aliphatic carbocycles. The van der Waals surface area contributed by atoms with Crippen LogP contribution in [0.5, 0.6) is 0 Å². The van der Waals surface area contributed by atoms with Crippen LogP contribution >= 0.6 is 11.3 Å². The highest BCUT2D eigenvalue weighted by Crippen LogP contribution is 2.26. The van der Waals surface area contributed by atoms with E-state index in [1.807, 2.05) is 17.5 Å². The van der Waals surface area contributed by atoms with Gasteiger partial charge in [0.1, 0.15) is 5.82 Å². The number of nitrogens with one attached hydrogen (secondary N) is 3. The van der Waals surface area contributed by atoms with Gasteiger partial charge in [0, 0.05) is 23.2 Å². The number of hydrogen-bond donors (Lipinski definition) is 3. The molecular weight excluding hydrogens is 377 g/mol. The molecule has 0 aliphatic rings. The van der Waals surface area contributed by atoms with E-state index >= 15 is 0 Å². The van der Waals surface area contributed by atoms with Crippen LogP contribution in [0.3, 0.4) is 0 Å². The summed E-state index contributed by atoms with van der Waals surface area (Å²) < 4.78 is 13.2. The van der Waals surface area contributed by atoms with Gasteiger partial charge < -0.3 is 10.6 Å². The van der Waals surface area contributed by atoms with Crippen molar-refractivity contribution in [3.63, 3.8) is 0 Å². The van der Waals surface area contributed by atoms with E-state index < -0.39 is 0 Å². The highest BCUT2D eigenvalue weighted by molar-refractivity contribution is 7.10. The van der Waals surface area contributed by atoms with Gasteiger partial charge in [0.05, 0.1) is 12.6 Å². The van der Waals surface area contributed by atoms with Gasteiger partial charge in [-0.15, -0.1) is 11.3 Å². The zero-order chi connectivity index (χ0) is 19.9. The monoisotopic (exact) mass is 397 g/mol. The molecule has 5 nitrogen and oxygen atoms in total. The highest BCUT2D eigenvalue weighted by atomic mass is 32.1. The van der Waals surface area contributed by atoms with Crippen molar-refractivity contribution in [1.82, 2.24) is 10.6 Å². The first kappa shape index (κ1) is 19.7. The van der Waals surface area contributed by atoms with Crippen LogP contribution in [-0.2, 0) is 4.79 Å². The van der Waals surface area contributed by atoms with E-state index in [2.05, 4.69) is 16.0 Å². The molecule has 2 amide bonds. The molecule has 0 spiro atoms. The lowest BCUT2D eigenvalue weighted by atomic mass is 10.1. The number of hydrogen-bond acceptors (Lipinski definition) is 4. The molecule has 0 saturated carbocycles. The average Bonchev–Trinajstić information content (AvgIpc) is 3.24. The topological polar surface area (TPSA) is 70.2 Å². The summed E-state index contributed by atoms with van der Waals surface area (Å²) in [7, 11) is 1.56. The maximum absolute atomic E-state index is 13.2. The van der Waals surface area contributed by atoms with Gasteiger partial charge in [0.25, 0.3) is 5.91 Å². The number of halogens is 1. The minimum Gasteiger partial charge on any atom is -0.355 e. The molecule has 0 bridgehead atoms. The van der Waals surface area contributed by atoms with Crippen LogP contribution < -0.4 is 16.0 Å². The fourth-order valence-electron chi connectivity index (χ4n) is 2.74. The van der Waals surface area contributed by atoms with Crippen LogP contribution in [0.1, 0.15) is 26.8 Å². The first-order valence-corrected chi connectivity index (χ1v) is 9.59. The van der Waals surface area contributed by atoms with Crippen LogP contribution in [0.15, 0.2) is 66.0 Å². The molecule has 3 N–H and O–H groups in total. The van der Waals surface area contributed by atoms with Crippen molar-refractivity contribution in [2.24, 2.45) is 0 Å². The molecule has 2 aromatic carbocycles. The molecule has 3 rings (SSSR count). The Balaban J connectivity index is 1.64. The smallest absolute Gasteiger partial charge is 0.251 e. The van der Waals surface area contributed by atoms with Crippen LogP contribution in [-0.4, -0.2) is 25.4 Å². The summed E-state index contributed by atoms with van der Waals surface area (Å²) in [4.78, 5) is 24.9. The van der Waals surface area contributed by atoms with Gasteiger partial charge in [-0.1, -0.05) is 18.2 Å². The van der Waals surface area contributed by atoms with E-state index in [-0.39, 0.29) is 30.2 Å². The third-order valence-electron chi connectivity index (χ3n) is 4.16. The van der Waals surface area contributed by atoms with E-state index in [0.717, 1.165) is 10.4 Å². The Morgan fingerprint density at radius 2 is 1.75 bits per heavy atom. The molecular formula is C21H20FN3O2S. The van der Waals surface area contributed by atoms with Crippen molar-refractivity contribution in [3.05, 3.63) is 87.9 Å². The van der Waals surface area contributed by atoms with Gasteiger partial charge >= 0.3 is 0 Å². The SMILES string of the molecule is CNC(=O)c1ccc(NC(=O)CNC(c2ccc(F)cc2)c2cccs2)cc1. The molecule has 1 unspecified atom stereocenters. The van der Waals surface area contributed by atoms with Crippen LogP contribution in [0.2, 0.25) is 0 Å². The van der Waals surface area contributed by atoms with E-state index in [4.69, 9.17) is 0 Å². The number of amides is 2. The zero-order valence-corrected chi connectivity index (χ0v) is 16.1. The second kappa shape index (κ2) is 9.25. The van der Waals surface area contributed by atoms with Gasteiger partial charge in [-0.05, 0) is 53.4 Å². The molecule has 1 heterocycles. The molecule has 1 aromatic heterocycles. The summed E-state index contributed by atoms with van der Waals surface area (Å²) in [5.41, 5.74) is 2.01. The van der Waals surface area contributed by atoms with Crippen molar-refractivity contribution < 1.29 is 14.0 Å². The predicted molar refractivity (Wildman–Crippen MR) is 109 cm³/mol. The maximum Gasteiger partial charge on any atom is 0.251 e. The van der Waals surface area contributed by atoms with Gasteiger partial charge in [-0.2, -0.15) is 0 Å². The van der Waals surface area contributed by atoms with E-state index in [9.17, 15) is 14.0 Å². The summed E-state index contributed by atoms with van der Waals surface area (Å²) in [6, 6.07) is 16.6. The third kappa shape index (κ3) is 5.03. The van der Waals surface area contributed by atoms with Crippen molar-refractivity contribution in [1.29, 1.82) is 0 Å². The lowest BCUT2D eigenvalue weighted by Gasteiger charge is -2.18. The van der Waals surface area contributed by atoms with Gasteiger partial charge in [0.2, 0.25) is 5.91 Å². The molecule has 0 saturated heterocycles. The largest absolute Gasteiger partial charge is 0.355 e. The van der Waals surface area contributed by atoms with E-state index in [1.165, 1.54) is 12.1 Å². The average molecular weight is 397 g/mol. The number of carbonyl (C=O) groups is 2. The van der Waals surface area contributed by atoms with Crippen molar-refractivity contribution in [2.45, 2.75) is 6.04 Å². The second-order valence-electron chi connectivity index (χ2n) is 6.09. The van der Waals surface area contributed by atoms with Gasteiger partial charge in [-0.3, -0.25) is 14.9 Å². The standard InChI is InChI=1S/C21H20FN3O2S/c1-23-21(27)15-6-10-17(11-7-15)25-19(26)13-24-20(18-3-2-12-28-18)14-4-8-16(22)9-5-14/h2-12,20,24H,13H2,1H3,(H,23,27)(H,25,26). The Morgan fingerprint density at radius 1 is 1.04 bits per heavy atom. The Hall–Kier alpha value is -3.03. The quantitative estimate of drug-likeness (QED) is 0.571. The van der Waals surface area contributed by atoms with Crippen molar-refractivity contribution in [3.8, 4) is 0 Å². The third-order valence-corrected chi connectivity index (χ3v) is 5.09. The number of anilines is 1. The number of thiophene rings is 1. The maximum atomic E-state index is 13.2. The number of benzene rings is 2. The molecule has 0 aliphatic heterocycles. The van der Waals surface area contributed by atoms with Crippen LogP contribution in [0, 0.1) is 5.82 Å². The molecule has 0 radical (unpaired) electrons. The van der Waals surface area contributed by atoms with Crippen LogP contribution in [0.25, 0.3) is 0 Å². The summed E-state index contributed by atoms with van der Waals surface area (Å²) in [6.07, 6.45) is 0. The zero-order valence-electron chi connectivity index (χ0n) is 15.2. The minimum absolute atomic E-state index is 0.0805. The number of carbonyl (C=O) groups excluding carboxylic acids is 2. The van der Waals surface area contributed by atoms with Gasteiger partial charge in [-0.25, -0.2) is 4.39 Å². The molecule has 28 heavy (non-hydrogen) atoms. The minimum atomic E-state index is -0.299. The molecule has 3 aromatic rings. The summed E-state index contributed by atoms with van der Waals surface area (Å²) in [6.45, 7) is 0.0805. The molecule has 7 heteroatoms. The van der Waals surface area contributed by atoms with Crippen molar-refractivity contribution in [2.75, 3.05) is 18.9 Å². The van der Waals surface area contributed by atoms with Crippen LogP contribution in [0.4, 0.5) is 10.1 Å². The Bertz CT molecular complexity index is 925. The fraction of sp³-hybridized carbons (Fsp3) is 0.143. The lowest BCUT2D eigenvalue weighted by Crippen LogP contribution is -2.31. The van der Waals surface area contributed by atoms with E-state index in [1.54, 1.807) is 54.8 Å². The first-order valence-electron chi connectivity index (χ1n) is 8.71. The first-order chi connectivity index (χ1) is 13.6. The van der Waals surface area contributed by atoms with Crippen molar-refractivity contribution >= 4 is 28.8 Å². The molecule has 144 valence electrons. The predicted octanol–water partition coefficient (Wildman–Crippen LogP) is 3.56. The molecule has 1 atom stereocenters. The second-order valence-corrected chi connectivity index (χ2v) is 7.06. The van der Waals surface area contributed by atoms with E-state index in [0.29, 0.717) is 11.3 Å². The fourth-order valence-corrected chi connectivity index (χ4v) is 3.57. The lowest BCUT2D eigenvalue weighted by molar-refractivity contribution is -0.115. The normalized spacial score (nSPS) is 11.6. The Kier molecular flexibility index (Phi) is 6.52. The summed E-state index contributed by atoms with van der Waals surface area (Å²) in [5.74, 6) is -0.694. The van der Waals surface area contributed by atoms with Gasteiger partial charge in [0.15, 0.2) is 0 Å². The Morgan fingerprint density at radius 3 is 2.36 bits per heavy atom. The summed E-state index contributed by atoms with van der Waals surface area (Å²) >= 11 is 1.57. The Labute approximate surface area is 166 Å². The summed E-state index contributed by atoms with van der Waals surface area (Å²) in [5, 5.41) is 10.5. The highest BCUT2D eigenvalue weighted by Gasteiger charge is 2.16. The molecule has 0 fully saturated rings. The number of rotatable bonds is 7.